The molecule has 0 radical (unpaired) electrons. The fourth-order valence-corrected chi connectivity index (χ4v) is 8.45. The van der Waals surface area contributed by atoms with Gasteiger partial charge in [0.15, 0.2) is 0 Å². The number of hydrogen-bond donors (Lipinski definition) is 0. The molecule has 3 atom stereocenters. The van der Waals surface area contributed by atoms with E-state index in [1.165, 1.54) is 67.9 Å². The summed E-state index contributed by atoms with van der Waals surface area (Å²) in [7, 11) is 0. The Bertz CT molecular complexity index is 1900. The van der Waals surface area contributed by atoms with Gasteiger partial charge in [-0.25, -0.2) is 0 Å². The largest absolute Gasteiger partial charge is 0.460 e. The van der Waals surface area contributed by atoms with Crippen molar-refractivity contribution in [2.75, 3.05) is 0 Å². The van der Waals surface area contributed by atoms with Crippen LogP contribution in [0.5, 0.6) is 5.75 Å². The van der Waals surface area contributed by atoms with E-state index < -0.39 is 0 Å². The first-order chi connectivity index (χ1) is 20.5. The Morgan fingerprint density at radius 2 is 1.55 bits per heavy atom. The summed E-state index contributed by atoms with van der Waals surface area (Å²) in [5, 5.41) is 0. The fraction of sp³-hybridized carbons (Fsp3) is 0.220. The predicted octanol–water partition coefficient (Wildman–Crippen LogP) is 10.0. The molecular weight excluding hydrogens is 508 g/mol. The molecule has 0 bridgehead atoms. The van der Waals surface area contributed by atoms with Gasteiger partial charge in [0, 0.05) is 27.9 Å². The lowest BCUT2D eigenvalue weighted by atomic mass is 9.76. The van der Waals surface area contributed by atoms with E-state index in [0.29, 0.717) is 11.8 Å². The first-order valence-corrected chi connectivity index (χ1v) is 15.4. The van der Waals surface area contributed by atoms with Crippen molar-refractivity contribution in [3.63, 3.8) is 0 Å². The van der Waals surface area contributed by atoms with Crippen LogP contribution >= 0.6 is 0 Å². The van der Waals surface area contributed by atoms with Crippen molar-refractivity contribution >= 4 is 16.7 Å². The maximum absolute atomic E-state index is 6.62. The fourth-order valence-electron chi connectivity index (χ4n) is 8.45. The van der Waals surface area contributed by atoms with Crippen LogP contribution in [0, 0.1) is 5.92 Å². The van der Waals surface area contributed by atoms with Gasteiger partial charge in [-0.1, -0.05) is 123 Å². The minimum atomic E-state index is -0.106. The van der Waals surface area contributed by atoms with E-state index in [-0.39, 0.29) is 10.8 Å². The average Bonchev–Trinajstić information content (AvgIpc) is 3.55. The highest BCUT2D eigenvalue weighted by atomic mass is 16.5. The Morgan fingerprint density at radius 3 is 2.38 bits per heavy atom. The Kier molecular flexibility index (Phi) is 4.96. The molecule has 1 heterocycles. The zero-order chi connectivity index (χ0) is 28.1. The molecule has 204 valence electrons. The topological polar surface area (TPSA) is 9.23 Å². The number of fused-ring (bicyclic) bond motifs is 7. The second-order valence-electron chi connectivity index (χ2n) is 13.3. The summed E-state index contributed by atoms with van der Waals surface area (Å²) in [4.78, 5) is 0. The summed E-state index contributed by atoms with van der Waals surface area (Å²) in [6.45, 7) is 4.75. The summed E-state index contributed by atoms with van der Waals surface area (Å²) in [6.07, 6.45) is 10.9. The van der Waals surface area contributed by atoms with E-state index in [4.69, 9.17) is 4.74 Å². The second-order valence-corrected chi connectivity index (χ2v) is 13.3. The quantitative estimate of drug-likeness (QED) is 0.250. The van der Waals surface area contributed by atoms with Crippen LogP contribution < -0.4 is 4.74 Å². The molecule has 1 heteroatoms. The lowest BCUT2D eigenvalue weighted by molar-refractivity contribution is 0.408. The minimum absolute atomic E-state index is 0.106. The maximum atomic E-state index is 6.62. The number of ether oxygens (including phenoxy) is 1. The lowest BCUT2D eigenvalue weighted by Crippen LogP contribution is -2.20. The van der Waals surface area contributed by atoms with Crippen LogP contribution in [-0.2, 0) is 10.8 Å². The zero-order valence-corrected chi connectivity index (χ0v) is 24.2. The van der Waals surface area contributed by atoms with Gasteiger partial charge in [-0.3, -0.25) is 0 Å². The van der Waals surface area contributed by atoms with Crippen molar-refractivity contribution in [3.05, 3.63) is 166 Å². The molecule has 1 nitrogen and oxygen atoms in total. The van der Waals surface area contributed by atoms with Gasteiger partial charge >= 0.3 is 0 Å². The third kappa shape index (κ3) is 3.37. The lowest BCUT2D eigenvalue weighted by Gasteiger charge is -2.27. The molecule has 4 aromatic rings. The number of rotatable bonds is 3. The average molecular weight is 543 g/mol. The summed E-state index contributed by atoms with van der Waals surface area (Å²) < 4.78 is 6.62. The van der Waals surface area contributed by atoms with E-state index in [1.807, 2.05) is 0 Å². The summed E-state index contributed by atoms with van der Waals surface area (Å²) in [6, 6.07) is 38.0. The molecule has 5 aliphatic rings. The van der Waals surface area contributed by atoms with Crippen molar-refractivity contribution in [1.29, 1.82) is 0 Å². The van der Waals surface area contributed by atoms with E-state index in [0.717, 1.165) is 18.6 Å². The molecule has 4 aliphatic carbocycles. The minimum Gasteiger partial charge on any atom is -0.460 e. The first kappa shape index (κ1) is 24.3. The van der Waals surface area contributed by atoms with Crippen molar-refractivity contribution in [2.24, 2.45) is 5.92 Å². The van der Waals surface area contributed by atoms with Crippen LogP contribution in [-0.4, -0.2) is 0 Å². The molecule has 0 aromatic heterocycles. The first-order valence-electron chi connectivity index (χ1n) is 15.4. The molecule has 1 fully saturated rings. The van der Waals surface area contributed by atoms with Crippen molar-refractivity contribution in [2.45, 2.75) is 49.9 Å². The highest BCUT2D eigenvalue weighted by molar-refractivity contribution is 5.94. The third-order valence-electron chi connectivity index (χ3n) is 10.7. The second kappa shape index (κ2) is 8.58. The Hall–Kier alpha value is -4.36. The van der Waals surface area contributed by atoms with Gasteiger partial charge in [-0.15, -0.1) is 0 Å². The zero-order valence-electron chi connectivity index (χ0n) is 24.2. The SMILES string of the molecule is CC1(C)C2=C3Oc4ccccc4C3CC=C2c2cc(C3=CC4(c5ccccc5)CC4CC(c4ccccc4)=C3)ccc21. The molecule has 0 spiro atoms. The molecule has 0 N–H and O–H groups in total. The molecular formula is C41H34O. The van der Waals surface area contributed by atoms with E-state index in [1.54, 1.807) is 0 Å². The Morgan fingerprint density at radius 1 is 0.786 bits per heavy atom. The third-order valence-corrected chi connectivity index (χ3v) is 10.7. The highest BCUT2D eigenvalue weighted by Crippen LogP contribution is 2.62. The van der Waals surface area contributed by atoms with Crippen LogP contribution in [0.25, 0.3) is 16.7 Å². The molecule has 0 amide bonds. The number of hydrogen-bond acceptors (Lipinski definition) is 1. The van der Waals surface area contributed by atoms with Crippen molar-refractivity contribution < 1.29 is 4.74 Å². The molecule has 1 saturated carbocycles. The molecule has 4 aromatic carbocycles. The van der Waals surface area contributed by atoms with Crippen LogP contribution in [0.15, 0.2) is 133 Å². The predicted molar refractivity (Wildman–Crippen MR) is 172 cm³/mol. The normalized spacial score (nSPS) is 25.9. The van der Waals surface area contributed by atoms with Crippen LogP contribution in [0.3, 0.4) is 0 Å². The number of para-hydroxylation sites is 1. The Balaban J connectivity index is 1.19. The van der Waals surface area contributed by atoms with Gasteiger partial charge in [0.2, 0.25) is 0 Å². The van der Waals surface area contributed by atoms with Gasteiger partial charge in [-0.05, 0) is 81.8 Å². The monoisotopic (exact) mass is 542 g/mol. The van der Waals surface area contributed by atoms with E-state index in [2.05, 4.69) is 135 Å². The molecule has 42 heavy (non-hydrogen) atoms. The van der Waals surface area contributed by atoms with Gasteiger partial charge in [0.25, 0.3) is 0 Å². The standard InChI is InChI=1S/C41H34O/c1-40(2)36-20-17-27(23-35(36)33-18-19-34-32-15-9-10-16-37(32)42-39(34)38(33)40)29-21-28(26-11-5-3-6-12-26)22-31-25-41(31,24-29)30-13-7-4-8-14-30/h3-18,20-21,23-24,31,34H,19,22,25H2,1-2H3. The van der Waals surface area contributed by atoms with Crippen LogP contribution in [0.1, 0.15) is 72.4 Å². The van der Waals surface area contributed by atoms with Gasteiger partial charge in [-0.2, -0.15) is 0 Å². The summed E-state index contributed by atoms with van der Waals surface area (Å²) >= 11 is 0. The van der Waals surface area contributed by atoms with E-state index >= 15 is 0 Å². The van der Waals surface area contributed by atoms with E-state index in [9.17, 15) is 0 Å². The molecule has 3 unspecified atom stereocenters. The van der Waals surface area contributed by atoms with Crippen LogP contribution in [0.4, 0.5) is 0 Å². The number of benzene rings is 4. The molecule has 9 rings (SSSR count). The van der Waals surface area contributed by atoms with Gasteiger partial charge < -0.3 is 4.74 Å². The number of allylic oxidation sites excluding steroid dienone is 8. The van der Waals surface area contributed by atoms with Crippen molar-refractivity contribution in [3.8, 4) is 5.75 Å². The highest BCUT2D eigenvalue weighted by Gasteiger charge is 2.54. The molecule has 1 aliphatic heterocycles. The Labute approximate surface area is 248 Å². The maximum Gasteiger partial charge on any atom is 0.130 e. The summed E-state index contributed by atoms with van der Waals surface area (Å²) in [5.74, 6) is 3.15. The molecule has 0 saturated heterocycles. The summed E-state index contributed by atoms with van der Waals surface area (Å²) in [5.41, 5.74) is 13.8. The van der Waals surface area contributed by atoms with Gasteiger partial charge in [0.05, 0.1) is 0 Å². The smallest absolute Gasteiger partial charge is 0.130 e. The van der Waals surface area contributed by atoms with Gasteiger partial charge in [0.1, 0.15) is 11.5 Å². The van der Waals surface area contributed by atoms with Crippen molar-refractivity contribution in [1.82, 2.24) is 0 Å². The van der Waals surface area contributed by atoms with Crippen LogP contribution in [0.2, 0.25) is 0 Å².